The summed E-state index contributed by atoms with van der Waals surface area (Å²) in [5.41, 5.74) is 6.31. The molecule has 0 unspecified atom stereocenters. The van der Waals surface area contributed by atoms with Gasteiger partial charge in [0.1, 0.15) is 0 Å². The van der Waals surface area contributed by atoms with Gasteiger partial charge in [-0.25, -0.2) is 0 Å². The molecule has 1 nitrogen and oxygen atoms in total. The van der Waals surface area contributed by atoms with Crippen LogP contribution in [0, 0.1) is 6.92 Å². The maximum Gasteiger partial charge on any atom is 0.0486 e. The van der Waals surface area contributed by atoms with Crippen LogP contribution in [0.4, 0.5) is 0 Å². The van der Waals surface area contributed by atoms with E-state index in [1.165, 1.54) is 28.1 Å². The molecule has 1 heterocycles. The van der Waals surface area contributed by atoms with Crippen molar-refractivity contribution in [2.24, 2.45) is 7.05 Å². The van der Waals surface area contributed by atoms with E-state index in [0.717, 1.165) is 4.47 Å². The summed E-state index contributed by atoms with van der Waals surface area (Å²) in [5.74, 6) is 0. The molecule has 3 rings (SSSR count). The van der Waals surface area contributed by atoms with Crippen LogP contribution >= 0.6 is 15.9 Å². The van der Waals surface area contributed by atoms with E-state index >= 15 is 0 Å². The lowest BCUT2D eigenvalue weighted by molar-refractivity contribution is 0.892. The van der Waals surface area contributed by atoms with E-state index in [-0.39, 0.29) is 0 Å². The number of nitrogens with zero attached hydrogens (tertiary/aromatic N) is 1. The highest BCUT2D eigenvalue weighted by Gasteiger charge is 2.12. The Bertz CT molecular complexity index is 741. The van der Waals surface area contributed by atoms with Crippen LogP contribution in [0.1, 0.15) is 5.69 Å². The molecule has 100 valence electrons. The number of hydrogen-bond acceptors (Lipinski definition) is 0. The van der Waals surface area contributed by atoms with Crippen molar-refractivity contribution in [3.05, 3.63) is 70.8 Å². The first kappa shape index (κ1) is 13.2. The Balaban J connectivity index is 2.16. The van der Waals surface area contributed by atoms with Crippen LogP contribution < -0.4 is 0 Å². The van der Waals surface area contributed by atoms with Gasteiger partial charge in [0, 0.05) is 28.5 Å². The van der Waals surface area contributed by atoms with Crippen molar-refractivity contribution in [1.29, 1.82) is 0 Å². The Morgan fingerprint density at radius 1 is 0.850 bits per heavy atom. The number of benzene rings is 2. The Morgan fingerprint density at radius 2 is 1.55 bits per heavy atom. The molecular weight excluding hydrogens is 310 g/mol. The number of aromatic nitrogens is 1. The predicted molar refractivity (Wildman–Crippen MR) is 88.7 cm³/mol. The average molecular weight is 326 g/mol. The van der Waals surface area contributed by atoms with Gasteiger partial charge in [0.15, 0.2) is 0 Å². The van der Waals surface area contributed by atoms with Crippen LogP contribution in [0.5, 0.6) is 0 Å². The van der Waals surface area contributed by atoms with E-state index in [1.807, 2.05) is 0 Å². The van der Waals surface area contributed by atoms with Crippen LogP contribution in [0.3, 0.4) is 0 Å². The lowest BCUT2D eigenvalue weighted by Gasteiger charge is -2.06. The van der Waals surface area contributed by atoms with Gasteiger partial charge in [-0.2, -0.15) is 0 Å². The van der Waals surface area contributed by atoms with Crippen molar-refractivity contribution in [1.82, 2.24) is 4.57 Å². The fraction of sp³-hybridized carbons (Fsp3) is 0.111. The second-order valence-corrected chi connectivity index (χ2v) is 5.88. The van der Waals surface area contributed by atoms with Crippen LogP contribution in [0.2, 0.25) is 0 Å². The van der Waals surface area contributed by atoms with Crippen molar-refractivity contribution < 1.29 is 0 Å². The molecule has 0 amide bonds. The van der Waals surface area contributed by atoms with E-state index in [0.29, 0.717) is 0 Å². The molecular formula is C18H16BrN. The summed E-state index contributed by atoms with van der Waals surface area (Å²) in [6.07, 6.45) is 0. The van der Waals surface area contributed by atoms with Crippen LogP contribution in [0.25, 0.3) is 22.4 Å². The van der Waals surface area contributed by atoms with E-state index in [1.54, 1.807) is 0 Å². The van der Waals surface area contributed by atoms with E-state index in [4.69, 9.17) is 0 Å². The van der Waals surface area contributed by atoms with E-state index in [9.17, 15) is 0 Å². The first-order valence-corrected chi connectivity index (χ1v) is 7.44. The van der Waals surface area contributed by atoms with Crippen molar-refractivity contribution >= 4 is 15.9 Å². The fourth-order valence-electron chi connectivity index (χ4n) is 2.53. The third kappa shape index (κ3) is 2.32. The monoisotopic (exact) mass is 325 g/mol. The average Bonchev–Trinajstić information content (AvgIpc) is 2.76. The Kier molecular flexibility index (Phi) is 3.49. The van der Waals surface area contributed by atoms with Crippen molar-refractivity contribution in [3.8, 4) is 22.4 Å². The zero-order chi connectivity index (χ0) is 14.1. The van der Waals surface area contributed by atoms with Gasteiger partial charge in [-0.05, 0) is 36.2 Å². The summed E-state index contributed by atoms with van der Waals surface area (Å²) in [7, 11) is 2.12. The molecule has 0 radical (unpaired) electrons. The van der Waals surface area contributed by atoms with Crippen molar-refractivity contribution in [2.45, 2.75) is 6.92 Å². The molecule has 0 atom stereocenters. The molecule has 0 saturated heterocycles. The molecule has 0 saturated carbocycles. The van der Waals surface area contributed by atoms with Gasteiger partial charge < -0.3 is 4.57 Å². The molecule has 2 aromatic carbocycles. The maximum atomic E-state index is 3.54. The maximum absolute atomic E-state index is 3.54. The smallest absolute Gasteiger partial charge is 0.0486 e. The summed E-state index contributed by atoms with van der Waals surface area (Å²) >= 11 is 3.54. The second-order valence-electron chi connectivity index (χ2n) is 4.96. The molecule has 3 aromatic rings. The summed E-state index contributed by atoms with van der Waals surface area (Å²) in [6, 6.07) is 21.2. The lowest BCUT2D eigenvalue weighted by Crippen LogP contribution is -1.94. The zero-order valence-electron chi connectivity index (χ0n) is 11.6. The molecule has 0 aliphatic rings. The minimum absolute atomic E-state index is 1.11. The molecule has 1 aromatic heterocycles. The summed E-state index contributed by atoms with van der Waals surface area (Å²) in [4.78, 5) is 0. The third-order valence-corrected chi connectivity index (χ3v) is 4.23. The molecule has 0 N–H and O–H groups in total. The summed E-state index contributed by atoms with van der Waals surface area (Å²) < 4.78 is 3.36. The van der Waals surface area contributed by atoms with Gasteiger partial charge in [-0.15, -0.1) is 0 Å². The van der Waals surface area contributed by atoms with Gasteiger partial charge in [0.2, 0.25) is 0 Å². The second kappa shape index (κ2) is 5.29. The highest BCUT2D eigenvalue weighted by atomic mass is 79.9. The quantitative estimate of drug-likeness (QED) is 0.592. The van der Waals surface area contributed by atoms with Crippen molar-refractivity contribution in [2.75, 3.05) is 0 Å². The molecule has 0 aliphatic carbocycles. The minimum Gasteiger partial charge on any atom is -0.347 e. The standard InChI is InChI=1S/C18H16BrN/c1-13-17(14-7-4-3-5-8-14)12-18(20(13)2)15-9-6-10-16(19)11-15/h3-12H,1-2H3. The predicted octanol–water partition coefficient (Wildman–Crippen LogP) is 5.43. The summed E-state index contributed by atoms with van der Waals surface area (Å²) in [5, 5.41) is 0. The fourth-order valence-corrected chi connectivity index (χ4v) is 2.93. The first-order valence-electron chi connectivity index (χ1n) is 6.64. The largest absolute Gasteiger partial charge is 0.347 e. The van der Waals surface area contributed by atoms with Gasteiger partial charge in [0.05, 0.1) is 0 Å². The number of hydrogen-bond donors (Lipinski definition) is 0. The zero-order valence-corrected chi connectivity index (χ0v) is 13.2. The van der Waals surface area contributed by atoms with Crippen LogP contribution in [-0.4, -0.2) is 4.57 Å². The minimum atomic E-state index is 1.11. The molecule has 0 bridgehead atoms. The SMILES string of the molecule is Cc1c(-c2ccccc2)cc(-c2cccc(Br)c2)n1C. The normalized spacial score (nSPS) is 10.8. The van der Waals surface area contributed by atoms with Gasteiger partial charge in [0.25, 0.3) is 0 Å². The Labute approximate surface area is 128 Å². The summed E-state index contributed by atoms with van der Waals surface area (Å²) in [6.45, 7) is 2.17. The van der Waals surface area contributed by atoms with Gasteiger partial charge in [-0.3, -0.25) is 0 Å². The van der Waals surface area contributed by atoms with Gasteiger partial charge >= 0.3 is 0 Å². The van der Waals surface area contributed by atoms with Gasteiger partial charge in [-0.1, -0.05) is 58.4 Å². The number of rotatable bonds is 2. The molecule has 2 heteroatoms. The number of halogens is 1. The highest BCUT2D eigenvalue weighted by Crippen LogP contribution is 2.32. The van der Waals surface area contributed by atoms with Crippen molar-refractivity contribution in [3.63, 3.8) is 0 Å². The third-order valence-electron chi connectivity index (χ3n) is 3.74. The molecule has 0 spiro atoms. The topological polar surface area (TPSA) is 4.93 Å². The molecule has 0 fully saturated rings. The van der Waals surface area contributed by atoms with E-state index in [2.05, 4.69) is 95.1 Å². The molecule has 0 aliphatic heterocycles. The van der Waals surface area contributed by atoms with Crippen LogP contribution in [-0.2, 0) is 7.05 Å². The lowest BCUT2D eigenvalue weighted by atomic mass is 10.1. The van der Waals surface area contributed by atoms with Crippen LogP contribution in [0.15, 0.2) is 65.1 Å². The molecule has 20 heavy (non-hydrogen) atoms. The highest BCUT2D eigenvalue weighted by molar-refractivity contribution is 9.10. The van der Waals surface area contributed by atoms with E-state index < -0.39 is 0 Å². The first-order chi connectivity index (χ1) is 9.66. The Hall–Kier alpha value is -1.80. The Morgan fingerprint density at radius 3 is 2.25 bits per heavy atom.